The van der Waals surface area contributed by atoms with Crippen LogP contribution >= 0.6 is 0 Å². The molecule has 0 fully saturated rings. The summed E-state index contributed by atoms with van der Waals surface area (Å²) in [5, 5.41) is 8.89. The number of hydrogen-bond acceptors (Lipinski definition) is 3. The molecule has 0 saturated heterocycles. The van der Waals surface area contributed by atoms with E-state index in [-0.39, 0.29) is 6.42 Å². The van der Waals surface area contributed by atoms with Crippen molar-refractivity contribution >= 4 is 17.8 Å². The van der Waals surface area contributed by atoms with Crippen molar-refractivity contribution in [2.24, 2.45) is 0 Å². The Morgan fingerprint density at radius 1 is 1.21 bits per heavy atom. The van der Waals surface area contributed by atoms with Gasteiger partial charge in [0.1, 0.15) is 6.04 Å². The number of carbonyl (C=O) groups excluding carboxylic acids is 2. The average molecular weight is 263 g/mol. The van der Waals surface area contributed by atoms with Crippen LogP contribution in [0.5, 0.6) is 0 Å². The smallest absolute Gasteiger partial charge is 0.326 e. The fourth-order valence-electron chi connectivity index (χ4n) is 1.79. The number of carbonyl (C=O) groups is 3. The SMILES string of the molecule is CC(=O)N(C(=O)CCc1ccccc1)[C@@H](C)C(=O)O. The monoisotopic (exact) mass is 263 g/mol. The van der Waals surface area contributed by atoms with Gasteiger partial charge in [0.15, 0.2) is 0 Å². The van der Waals surface area contributed by atoms with E-state index < -0.39 is 23.8 Å². The molecule has 1 N–H and O–H groups in total. The normalized spacial score (nSPS) is 11.7. The Labute approximate surface area is 111 Å². The number of imide groups is 1. The van der Waals surface area contributed by atoms with E-state index in [0.717, 1.165) is 10.5 Å². The maximum Gasteiger partial charge on any atom is 0.326 e. The van der Waals surface area contributed by atoms with Crippen molar-refractivity contribution in [2.75, 3.05) is 0 Å². The zero-order valence-corrected chi connectivity index (χ0v) is 11.0. The van der Waals surface area contributed by atoms with E-state index in [1.54, 1.807) is 0 Å². The van der Waals surface area contributed by atoms with E-state index in [9.17, 15) is 14.4 Å². The van der Waals surface area contributed by atoms with Gasteiger partial charge in [-0.15, -0.1) is 0 Å². The Morgan fingerprint density at radius 3 is 2.26 bits per heavy atom. The highest BCUT2D eigenvalue weighted by Crippen LogP contribution is 2.08. The molecule has 0 unspecified atom stereocenters. The number of carboxylic acids is 1. The first-order valence-corrected chi connectivity index (χ1v) is 6.03. The summed E-state index contributed by atoms with van der Waals surface area (Å²) >= 11 is 0. The van der Waals surface area contributed by atoms with Crippen molar-refractivity contribution in [2.45, 2.75) is 32.7 Å². The Hall–Kier alpha value is -2.17. The lowest BCUT2D eigenvalue weighted by Gasteiger charge is -2.23. The number of carboxylic acid groups (broad SMARTS) is 1. The zero-order chi connectivity index (χ0) is 14.4. The van der Waals surface area contributed by atoms with Crippen LogP contribution < -0.4 is 0 Å². The molecule has 0 bridgehead atoms. The Balaban J connectivity index is 2.68. The highest BCUT2D eigenvalue weighted by atomic mass is 16.4. The van der Waals surface area contributed by atoms with Gasteiger partial charge in [-0.05, 0) is 18.9 Å². The van der Waals surface area contributed by atoms with Gasteiger partial charge in [-0.3, -0.25) is 14.5 Å². The minimum Gasteiger partial charge on any atom is -0.480 e. The molecule has 0 spiro atoms. The van der Waals surface area contributed by atoms with Gasteiger partial charge in [0.2, 0.25) is 11.8 Å². The number of aryl methyl sites for hydroxylation is 1. The third kappa shape index (κ3) is 4.21. The Kier molecular flexibility index (Phi) is 5.23. The second-order valence-corrected chi connectivity index (χ2v) is 4.28. The number of benzene rings is 1. The quantitative estimate of drug-likeness (QED) is 0.872. The van der Waals surface area contributed by atoms with Crippen LogP contribution in [0.4, 0.5) is 0 Å². The van der Waals surface area contributed by atoms with Crippen molar-refractivity contribution in [3.63, 3.8) is 0 Å². The van der Waals surface area contributed by atoms with E-state index in [1.165, 1.54) is 13.8 Å². The predicted molar refractivity (Wildman–Crippen MR) is 69.4 cm³/mol. The third-order valence-electron chi connectivity index (χ3n) is 2.82. The van der Waals surface area contributed by atoms with Crippen LogP contribution in [0, 0.1) is 0 Å². The average Bonchev–Trinajstić information content (AvgIpc) is 2.37. The molecule has 1 aromatic rings. The number of nitrogens with zero attached hydrogens (tertiary/aromatic N) is 1. The molecule has 5 nitrogen and oxygen atoms in total. The predicted octanol–water partition coefficient (Wildman–Crippen LogP) is 1.47. The molecule has 0 saturated carbocycles. The van der Waals surface area contributed by atoms with E-state index in [1.807, 2.05) is 30.3 Å². The van der Waals surface area contributed by atoms with Gasteiger partial charge < -0.3 is 5.11 Å². The topological polar surface area (TPSA) is 74.7 Å². The minimum atomic E-state index is -1.19. The summed E-state index contributed by atoms with van der Waals surface area (Å²) in [7, 11) is 0. The second kappa shape index (κ2) is 6.68. The maximum atomic E-state index is 11.9. The van der Waals surface area contributed by atoms with Crippen LogP contribution in [0.15, 0.2) is 30.3 Å². The fourth-order valence-corrected chi connectivity index (χ4v) is 1.79. The van der Waals surface area contributed by atoms with Gasteiger partial charge in [0, 0.05) is 13.3 Å². The first-order valence-electron chi connectivity index (χ1n) is 6.03. The van der Waals surface area contributed by atoms with Crippen molar-refractivity contribution in [3.8, 4) is 0 Å². The number of aliphatic carboxylic acids is 1. The molecule has 1 atom stereocenters. The molecule has 0 aromatic heterocycles. The molecular weight excluding hydrogens is 246 g/mol. The lowest BCUT2D eigenvalue weighted by molar-refractivity contribution is -0.156. The molecule has 0 aliphatic carbocycles. The molecule has 0 aliphatic heterocycles. The Bertz CT molecular complexity index is 470. The highest BCUT2D eigenvalue weighted by Gasteiger charge is 2.28. The molecule has 1 rings (SSSR count). The van der Waals surface area contributed by atoms with Gasteiger partial charge in [0.25, 0.3) is 0 Å². The van der Waals surface area contributed by atoms with Gasteiger partial charge in [-0.2, -0.15) is 0 Å². The van der Waals surface area contributed by atoms with E-state index >= 15 is 0 Å². The molecule has 0 aliphatic rings. The molecular formula is C14H17NO4. The van der Waals surface area contributed by atoms with Crippen LogP contribution in [-0.2, 0) is 20.8 Å². The van der Waals surface area contributed by atoms with E-state index in [4.69, 9.17) is 5.11 Å². The van der Waals surface area contributed by atoms with E-state index in [2.05, 4.69) is 0 Å². The summed E-state index contributed by atoms with van der Waals surface area (Å²) in [5.74, 6) is -2.21. The largest absolute Gasteiger partial charge is 0.480 e. The lowest BCUT2D eigenvalue weighted by Crippen LogP contribution is -2.46. The van der Waals surface area contributed by atoms with Gasteiger partial charge >= 0.3 is 5.97 Å². The van der Waals surface area contributed by atoms with Crippen LogP contribution in [0.3, 0.4) is 0 Å². The van der Waals surface area contributed by atoms with Gasteiger partial charge in [0.05, 0.1) is 0 Å². The lowest BCUT2D eigenvalue weighted by atomic mass is 10.1. The summed E-state index contributed by atoms with van der Waals surface area (Å²) in [5.41, 5.74) is 0.974. The second-order valence-electron chi connectivity index (χ2n) is 4.28. The minimum absolute atomic E-state index is 0.112. The summed E-state index contributed by atoms with van der Waals surface area (Å²) in [6.45, 7) is 2.52. The summed E-state index contributed by atoms with van der Waals surface area (Å²) in [4.78, 5) is 35.0. The number of hydrogen-bond donors (Lipinski definition) is 1. The maximum absolute atomic E-state index is 11.9. The summed E-state index contributed by atoms with van der Waals surface area (Å²) in [6, 6.07) is 8.23. The number of rotatable bonds is 5. The van der Waals surface area contributed by atoms with Crippen LogP contribution in [0.1, 0.15) is 25.8 Å². The molecule has 1 aromatic carbocycles. The van der Waals surface area contributed by atoms with E-state index in [0.29, 0.717) is 6.42 Å². The fraction of sp³-hybridized carbons (Fsp3) is 0.357. The van der Waals surface area contributed by atoms with Crippen molar-refractivity contribution in [1.82, 2.24) is 4.90 Å². The van der Waals surface area contributed by atoms with Crippen LogP contribution in [-0.4, -0.2) is 33.8 Å². The zero-order valence-electron chi connectivity index (χ0n) is 11.0. The van der Waals surface area contributed by atoms with Gasteiger partial charge in [-0.1, -0.05) is 30.3 Å². The summed E-state index contributed by atoms with van der Waals surface area (Å²) in [6.07, 6.45) is 0.594. The van der Waals surface area contributed by atoms with Gasteiger partial charge in [-0.25, -0.2) is 4.79 Å². The van der Waals surface area contributed by atoms with Crippen LogP contribution in [0.25, 0.3) is 0 Å². The third-order valence-corrected chi connectivity index (χ3v) is 2.82. The standard InChI is InChI=1S/C14H17NO4/c1-10(14(18)19)15(11(2)16)13(17)9-8-12-6-4-3-5-7-12/h3-7,10H,8-9H2,1-2H3,(H,18,19)/t10-/m0/s1. The molecule has 5 heteroatoms. The number of amides is 2. The van der Waals surface area contributed by atoms with Crippen LogP contribution in [0.2, 0.25) is 0 Å². The molecule has 0 radical (unpaired) electrons. The molecule has 19 heavy (non-hydrogen) atoms. The Morgan fingerprint density at radius 2 is 1.79 bits per heavy atom. The molecule has 0 heterocycles. The van der Waals surface area contributed by atoms with Crippen molar-refractivity contribution in [1.29, 1.82) is 0 Å². The molecule has 102 valence electrons. The highest BCUT2D eigenvalue weighted by molar-refractivity contribution is 5.98. The first kappa shape index (κ1) is 14.9. The first-order chi connectivity index (χ1) is 8.93. The summed E-state index contributed by atoms with van der Waals surface area (Å²) < 4.78 is 0. The molecule has 2 amide bonds. The van der Waals surface area contributed by atoms with Crippen molar-refractivity contribution < 1.29 is 19.5 Å². The van der Waals surface area contributed by atoms with Crippen molar-refractivity contribution in [3.05, 3.63) is 35.9 Å².